The summed E-state index contributed by atoms with van der Waals surface area (Å²) in [7, 11) is 0. The first-order valence-corrected chi connectivity index (χ1v) is 8.16. The summed E-state index contributed by atoms with van der Waals surface area (Å²) < 4.78 is 1.02. The number of benzene rings is 1. The van der Waals surface area contributed by atoms with Crippen molar-refractivity contribution in [2.45, 2.75) is 26.7 Å². The maximum Gasteiger partial charge on any atom is 0.257 e. The Balaban J connectivity index is 2.05. The molecular formula is C17H20BrN3O. The van der Waals surface area contributed by atoms with Gasteiger partial charge < -0.3 is 10.6 Å². The Bertz CT molecular complexity index is 658. The third kappa shape index (κ3) is 4.56. The van der Waals surface area contributed by atoms with Gasteiger partial charge >= 0.3 is 0 Å². The monoisotopic (exact) mass is 361 g/mol. The van der Waals surface area contributed by atoms with Crippen molar-refractivity contribution in [2.24, 2.45) is 0 Å². The SMILES string of the molecule is CCCCNc1cncc(C(=O)Nc2ccc(Br)c(C)c2)c1. The number of halogens is 1. The minimum atomic E-state index is -0.159. The Morgan fingerprint density at radius 3 is 2.77 bits per heavy atom. The standard InChI is InChI=1S/C17H20BrN3O/c1-3-4-7-20-15-9-13(10-19-11-15)17(22)21-14-5-6-16(18)12(2)8-14/h5-6,8-11,20H,3-4,7H2,1-2H3,(H,21,22). The fourth-order valence-electron chi connectivity index (χ4n) is 2.00. The molecule has 0 radical (unpaired) electrons. The average Bonchev–Trinajstić information content (AvgIpc) is 2.51. The van der Waals surface area contributed by atoms with Gasteiger partial charge in [-0.2, -0.15) is 0 Å². The Hall–Kier alpha value is -1.88. The molecule has 0 atom stereocenters. The van der Waals surface area contributed by atoms with E-state index < -0.39 is 0 Å². The van der Waals surface area contributed by atoms with Gasteiger partial charge in [-0.3, -0.25) is 9.78 Å². The van der Waals surface area contributed by atoms with E-state index in [1.165, 1.54) is 0 Å². The van der Waals surface area contributed by atoms with E-state index in [9.17, 15) is 4.79 Å². The number of hydrogen-bond acceptors (Lipinski definition) is 3. The fourth-order valence-corrected chi connectivity index (χ4v) is 2.24. The molecule has 1 aromatic carbocycles. The van der Waals surface area contributed by atoms with Crippen LogP contribution in [0.2, 0.25) is 0 Å². The minimum absolute atomic E-state index is 0.159. The molecule has 2 aromatic rings. The van der Waals surface area contributed by atoms with Crippen LogP contribution in [0.25, 0.3) is 0 Å². The number of aromatic nitrogens is 1. The molecule has 2 rings (SSSR count). The van der Waals surface area contributed by atoms with E-state index in [1.807, 2.05) is 31.2 Å². The van der Waals surface area contributed by atoms with E-state index in [0.29, 0.717) is 5.56 Å². The van der Waals surface area contributed by atoms with Crippen LogP contribution in [0.3, 0.4) is 0 Å². The van der Waals surface area contributed by atoms with Crippen LogP contribution in [0.5, 0.6) is 0 Å². The topological polar surface area (TPSA) is 54.0 Å². The van der Waals surface area contributed by atoms with E-state index in [1.54, 1.807) is 12.4 Å². The van der Waals surface area contributed by atoms with Crippen LogP contribution in [0.1, 0.15) is 35.7 Å². The summed E-state index contributed by atoms with van der Waals surface area (Å²) in [5.74, 6) is -0.159. The summed E-state index contributed by atoms with van der Waals surface area (Å²) in [6.07, 6.45) is 5.53. The molecule has 0 saturated heterocycles. The lowest BCUT2D eigenvalue weighted by Crippen LogP contribution is -2.13. The summed E-state index contributed by atoms with van der Waals surface area (Å²) in [6, 6.07) is 7.54. The third-order valence-electron chi connectivity index (χ3n) is 3.28. The maximum absolute atomic E-state index is 12.3. The summed E-state index contributed by atoms with van der Waals surface area (Å²) in [6.45, 7) is 5.01. The Morgan fingerprint density at radius 1 is 1.23 bits per heavy atom. The average molecular weight is 362 g/mol. The van der Waals surface area contributed by atoms with Gasteiger partial charge in [0, 0.05) is 29.1 Å². The van der Waals surface area contributed by atoms with Gasteiger partial charge in [0.2, 0.25) is 0 Å². The highest BCUT2D eigenvalue weighted by molar-refractivity contribution is 9.10. The number of nitrogens with one attached hydrogen (secondary N) is 2. The van der Waals surface area contributed by atoms with Crippen LogP contribution in [0, 0.1) is 6.92 Å². The molecule has 22 heavy (non-hydrogen) atoms. The van der Waals surface area contributed by atoms with Crippen molar-refractivity contribution in [1.29, 1.82) is 0 Å². The molecule has 0 aliphatic rings. The molecule has 1 aromatic heterocycles. The molecule has 0 fully saturated rings. The quantitative estimate of drug-likeness (QED) is 0.738. The molecule has 0 aliphatic heterocycles. The Morgan fingerprint density at radius 2 is 2.05 bits per heavy atom. The van der Waals surface area contributed by atoms with Gasteiger partial charge in [0.25, 0.3) is 5.91 Å². The summed E-state index contributed by atoms with van der Waals surface area (Å²) in [5, 5.41) is 6.17. The molecule has 0 unspecified atom stereocenters. The highest BCUT2D eigenvalue weighted by Crippen LogP contribution is 2.20. The number of rotatable bonds is 6. The molecule has 5 heteroatoms. The number of pyridine rings is 1. The van der Waals surface area contributed by atoms with Crippen molar-refractivity contribution >= 4 is 33.2 Å². The molecule has 0 spiro atoms. The predicted molar refractivity (Wildman–Crippen MR) is 94.5 cm³/mol. The van der Waals surface area contributed by atoms with Crippen molar-refractivity contribution in [2.75, 3.05) is 17.2 Å². The van der Waals surface area contributed by atoms with E-state index in [-0.39, 0.29) is 5.91 Å². The van der Waals surface area contributed by atoms with Gasteiger partial charge in [0.1, 0.15) is 0 Å². The maximum atomic E-state index is 12.3. The Kier molecular flexibility index (Phi) is 5.95. The largest absolute Gasteiger partial charge is 0.384 e. The number of carbonyl (C=O) groups is 1. The number of carbonyl (C=O) groups excluding carboxylic acids is 1. The zero-order chi connectivity index (χ0) is 15.9. The van der Waals surface area contributed by atoms with Gasteiger partial charge in [-0.25, -0.2) is 0 Å². The lowest BCUT2D eigenvalue weighted by molar-refractivity contribution is 0.102. The lowest BCUT2D eigenvalue weighted by Gasteiger charge is -2.09. The molecule has 1 heterocycles. The van der Waals surface area contributed by atoms with E-state index >= 15 is 0 Å². The van der Waals surface area contributed by atoms with Crippen molar-refractivity contribution in [1.82, 2.24) is 4.98 Å². The van der Waals surface area contributed by atoms with Crippen LogP contribution in [-0.2, 0) is 0 Å². The molecule has 116 valence electrons. The van der Waals surface area contributed by atoms with Crippen molar-refractivity contribution in [3.63, 3.8) is 0 Å². The summed E-state index contributed by atoms with van der Waals surface area (Å²) in [5.41, 5.74) is 3.26. The number of anilines is 2. The number of aryl methyl sites for hydroxylation is 1. The van der Waals surface area contributed by atoms with Crippen LogP contribution < -0.4 is 10.6 Å². The number of hydrogen-bond donors (Lipinski definition) is 2. The van der Waals surface area contributed by atoms with Crippen molar-refractivity contribution in [3.05, 3.63) is 52.3 Å². The fraction of sp³-hybridized carbons (Fsp3) is 0.294. The Labute approximate surface area is 139 Å². The highest BCUT2D eigenvalue weighted by Gasteiger charge is 2.08. The van der Waals surface area contributed by atoms with E-state index in [2.05, 4.69) is 38.5 Å². The van der Waals surface area contributed by atoms with Crippen LogP contribution in [0.4, 0.5) is 11.4 Å². The normalized spacial score (nSPS) is 10.3. The summed E-state index contributed by atoms with van der Waals surface area (Å²) in [4.78, 5) is 16.4. The van der Waals surface area contributed by atoms with Gasteiger partial charge in [0.15, 0.2) is 0 Å². The van der Waals surface area contributed by atoms with Gasteiger partial charge in [-0.1, -0.05) is 29.3 Å². The smallest absolute Gasteiger partial charge is 0.257 e. The predicted octanol–water partition coefficient (Wildman–Crippen LogP) is 4.62. The molecule has 0 saturated carbocycles. The number of nitrogens with zero attached hydrogens (tertiary/aromatic N) is 1. The first kappa shape index (κ1) is 16.5. The van der Waals surface area contributed by atoms with Gasteiger partial charge in [0.05, 0.1) is 11.3 Å². The lowest BCUT2D eigenvalue weighted by atomic mass is 10.2. The van der Waals surface area contributed by atoms with Crippen LogP contribution in [0.15, 0.2) is 41.1 Å². The minimum Gasteiger partial charge on any atom is -0.384 e. The zero-order valence-electron chi connectivity index (χ0n) is 12.8. The molecule has 1 amide bonds. The van der Waals surface area contributed by atoms with Crippen LogP contribution >= 0.6 is 15.9 Å². The molecule has 4 nitrogen and oxygen atoms in total. The molecule has 0 bridgehead atoms. The molecular weight excluding hydrogens is 342 g/mol. The second-order valence-corrected chi connectivity index (χ2v) is 6.02. The highest BCUT2D eigenvalue weighted by atomic mass is 79.9. The first-order chi connectivity index (χ1) is 10.6. The van der Waals surface area contributed by atoms with Crippen molar-refractivity contribution < 1.29 is 4.79 Å². The van der Waals surface area contributed by atoms with E-state index in [0.717, 1.165) is 40.8 Å². The van der Waals surface area contributed by atoms with Gasteiger partial charge in [-0.15, -0.1) is 0 Å². The second kappa shape index (κ2) is 7.94. The van der Waals surface area contributed by atoms with Crippen LogP contribution in [-0.4, -0.2) is 17.4 Å². The van der Waals surface area contributed by atoms with E-state index in [4.69, 9.17) is 0 Å². The van der Waals surface area contributed by atoms with Gasteiger partial charge in [-0.05, 0) is 43.2 Å². The zero-order valence-corrected chi connectivity index (χ0v) is 14.4. The van der Waals surface area contributed by atoms with Crippen molar-refractivity contribution in [3.8, 4) is 0 Å². The second-order valence-electron chi connectivity index (χ2n) is 5.16. The summed E-state index contributed by atoms with van der Waals surface area (Å²) >= 11 is 3.45. The number of amides is 1. The third-order valence-corrected chi connectivity index (χ3v) is 4.17. The number of unbranched alkanes of at least 4 members (excludes halogenated alkanes) is 1. The molecule has 2 N–H and O–H groups in total. The molecule has 0 aliphatic carbocycles. The first-order valence-electron chi connectivity index (χ1n) is 7.36.